The van der Waals surface area contributed by atoms with Crippen LogP contribution in [0.5, 0.6) is 0 Å². The van der Waals surface area contributed by atoms with Crippen LogP contribution in [-0.4, -0.2) is 19.0 Å². The minimum Gasteiger partial charge on any atom is -0.326 e. The number of halogens is 1. The molecule has 0 bridgehead atoms. The van der Waals surface area contributed by atoms with Crippen molar-refractivity contribution in [3.63, 3.8) is 0 Å². The summed E-state index contributed by atoms with van der Waals surface area (Å²) >= 11 is 0. The number of rotatable bonds is 2. The molecule has 0 aromatic heterocycles. The van der Waals surface area contributed by atoms with Crippen LogP contribution in [0.25, 0.3) is 0 Å². The van der Waals surface area contributed by atoms with Gasteiger partial charge < -0.3 is 10.6 Å². The largest absolute Gasteiger partial charge is 0.326 e. The second-order valence-electron chi connectivity index (χ2n) is 7.69. The van der Waals surface area contributed by atoms with E-state index in [0.29, 0.717) is 5.41 Å². The summed E-state index contributed by atoms with van der Waals surface area (Å²) in [5, 5.41) is 6.47. The predicted molar refractivity (Wildman–Crippen MR) is 93.7 cm³/mol. The standard InChI is InChI=1S/C18H26N2O.ClH/c1-17(2,3)13-4-6-14(7-5-13)20-16(21)15-12-18(15)8-10-19-11-9-18;/h4-7,15,19H,8-12H2,1-3H3,(H,20,21);1H. The summed E-state index contributed by atoms with van der Waals surface area (Å²) in [4.78, 5) is 12.4. The quantitative estimate of drug-likeness (QED) is 0.871. The maximum absolute atomic E-state index is 12.4. The molecule has 0 radical (unpaired) electrons. The van der Waals surface area contributed by atoms with Crippen molar-refractivity contribution < 1.29 is 4.79 Å². The third-order valence-corrected chi connectivity index (χ3v) is 5.12. The van der Waals surface area contributed by atoms with E-state index in [1.807, 2.05) is 12.1 Å². The van der Waals surface area contributed by atoms with E-state index in [-0.39, 0.29) is 29.6 Å². The summed E-state index contributed by atoms with van der Waals surface area (Å²) in [5.41, 5.74) is 2.67. The molecule has 122 valence electrons. The zero-order valence-corrected chi connectivity index (χ0v) is 14.6. The number of piperidine rings is 1. The SMILES string of the molecule is CC(C)(C)c1ccc(NC(=O)C2CC23CCNCC3)cc1.Cl. The van der Waals surface area contributed by atoms with E-state index in [1.165, 1.54) is 5.56 Å². The second kappa shape index (κ2) is 6.21. The molecule has 3 nitrogen and oxygen atoms in total. The second-order valence-corrected chi connectivity index (χ2v) is 7.69. The molecule has 1 amide bonds. The fraction of sp³-hybridized carbons (Fsp3) is 0.611. The molecule has 1 aliphatic carbocycles. The van der Waals surface area contributed by atoms with Crippen molar-refractivity contribution in [3.05, 3.63) is 29.8 Å². The summed E-state index contributed by atoms with van der Waals surface area (Å²) in [6.07, 6.45) is 3.36. The van der Waals surface area contributed by atoms with Crippen molar-refractivity contribution in [3.8, 4) is 0 Å². The molecule has 1 aliphatic heterocycles. The first-order valence-electron chi connectivity index (χ1n) is 8.03. The highest BCUT2D eigenvalue weighted by molar-refractivity contribution is 5.95. The van der Waals surface area contributed by atoms with Gasteiger partial charge >= 0.3 is 0 Å². The summed E-state index contributed by atoms with van der Waals surface area (Å²) in [5.74, 6) is 0.433. The average Bonchev–Trinajstić information content (AvgIpc) is 3.13. The fourth-order valence-electron chi connectivity index (χ4n) is 3.48. The molecule has 2 aliphatic rings. The highest BCUT2D eigenvalue weighted by Gasteiger charge is 2.57. The minimum absolute atomic E-state index is 0. The third-order valence-electron chi connectivity index (χ3n) is 5.12. The molecule has 4 heteroatoms. The lowest BCUT2D eigenvalue weighted by Gasteiger charge is -2.23. The topological polar surface area (TPSA) is 41.1 Å². The van der Waals surface area contributed by atoms with Gasteiger partial charge in [-0.25, -0.2) is 0 Å². The number of carbonyl (C=O) groups is 1. The van der Waals surface area contributed by atoms with Crippen LogP contribution in [0.3, 0.4) is 0 Å². The van der Waals surface area contributed by atoms with Crippen molar-refractivity contribution in [2.45, 2.75) is 45.4 Å². The zero-order valence-electron chi connectivity index (χ0n) is 13.7. The van der Waals surface area contributed by atoms with Gasteiger partial charge in [0.1, 0.15) is 0 Å². The van der Waals surface area contributed by atoms with Crippen LogP contribution in [0.2, 0.25) is 0 Å². The van der Waals surface area contributed by atoms with E-state index in [4.69, 9.17) is 0 Å². The summed E-state index contributed by atoms with van der Waals surface area (Å²) < 4.78 is 0. The van der Waals surface area contributed by atoms with E-state index in [9.17, 15) is 4.79 Å². The molecular weight excluding hydrogens is 296 g/mol. The summed E-state index contributed by atoms with van der Waals surface area (Å²) in [6, 6.07) is 8.28. The van der Waals surface area contributed by atoms with Crippen LogP contribution >= 0.6 is 12.4 Å². The fourth-order valence-corrected chi connectivity index (χ4v) is 3.48. The van der Waals surface area contributed by atoms with Gasteiger partial charge in [0.15, 0.2) is 0 Å². The Morgan fingerprint density at radius 2 is 1.77 bits per heavy atom. The Bertz CT molecular complexity index is 527. The number of hydrogen-bond donors (Lipinski definition) is 2. The molecular formula is C18H27ClN2O. The van der Waals surface area contributed by atoms with Gasteiger partial charge in [0.2, 0.25) is 5.91 Å². The molecule has 1 saturated carbocycles. The van der Waals surface area contributed by atoms with Crippen LogP contribution in [0, 0.1) is 11.3 Å². The van der Waals surface area contributed by atoms with Gasteiger partial charge in [-0.15, -0.1) is 12.4 Å². The Morgan fingerprint density at radius 3 is 2.32 bits per heavy atom. The first-order chi connectivity index (χ1) is 9.91. The highest BCUT2D eigenvalue weighted by Crippen LogP contribution is 2.58. The Hall–Kier alpha value is -1.06. The normalized spacial score (nSPS) is 22.8. The van der Waals surface area contributed by atoms with Gasteiger partial charge in [-0.2, -0.15) is 0 Å². The maximum atomic E-state index is 12.4. The lowest BCUT2D eigenvalue weighted by atomic mass is 9.87. The molecule has 2 fully saturated rings. The molecule has 1 saturated heterocycles. The van der Waals surface area contributed by atoms with Gasteiger partial charge in [0.05, 0.1) is 0 Å². The first kappa shape index (κ1) is 17.3. The van der Waals surface area contributed by atoms with Crippen LogP contribution < -0.4 is 10.6 Å². The molecule has 22 heavy (non-hydrogen) atoms. The van der Waals surface area contributed by atoms with Crippen molar-refractivity contribution in [1.82, 2.24) is 5.32 Å². The highest BCUT2D eigenvalue weighted by atomic mass is 35.5. The van der Waals surface area contributed by atoms with Crippen LogP contribution in [0.1, 0.15) is 45.6 Å². The third kappa shape index (κ3) is 3.47. The Balaban J connectivity index is 0.00000176. The van der Waals surface area contributed by atoms with Crippen molar-refractivity contribution in [2.24, 2.45) is 11.3 Å². The summed E-state index contributed by atoms with van der Waals surface area (Å²) in [6.45, 7) is 8.72. The number of carbonyl (C=O) groups excluding carboxylic acids is 1. The van der Waals surface area contributed by atoms with Gasteiger partial charge in [0.25, 0.3) is 0 Å². The molecule has 3 rings (SSSR count). The number of anilines is 1. The first-order valence-corrected chi connectivity index (χ1v) is 8.03. The number of amides is 1. The average molecular weight is 323 g/mol. The van der Waals surface area contributed by atoms with E-state index < -0.39 is 0 Å². The lowest BCUT2D eigenvalue weighted by molar-refractivity contribution is -0.118. The van der Waals surface area contributed by atoms with E-state index in [2.05, 4.69) is 43.5 Å². The van der Waals surface area contributed by atoms with Crippen LogP contribution in [0.4, 0.5) is 5.69 Å². The Labute approximate surface area is 139 Å². The Kier molecular flexibility index (Phi) is 4.88. The minimum atomic E-state index is 0. The number of benzene rings is 1. The molecule has 1 spiro atoms. The van der Waals surface area contributed by atoms with E-state index in [0.717, 1.165) is 38.0 Å². The molecule has 1 atom stereocenters. The van der Waals surface area contributed by atoms with Gasteiger partial charge in [-0.05, 0) is 60.9 Å². The van der Waals surface area contributed by atoms with Crippen molar-refractivity contribution in [1.29, 1.82) is 0 Å². The Morgan fingerprint density at radius 1 is 1.18 bits per heavy atom. The summed E-state index contributed by atoms with van der Waals surface area (Å²) in [7, 11) is 0. The molecule has 1 unspecified atom stereocenters. The molecule has 1 aromatic rings. The molecule has 1 heterocycles. The molecule has 1 aromatic carbocycles. The smallest absolute Gasteiger partial charge is 0.228 e. The predicted octanol–water partition coefficient (Wildman–Crippen LogP) is 3.73. The monoisotopic (exact) mass is 322 g/mol. The van der Waals surface area contributed by atoms with Crippen molar-refractivity contribution in [2.75, 3.05) is 18.4 Å². The van der Waals surface area contributed by atoms with E-state index >= 15 is 0 Å². The van der Waals surface area contributed by atoms with E-state index in [1.54, 1.807) is 0 Å². The lowest BCUT2D eigenvalue weighted by Crippen LogP contribution is -2.31. The zero-order chi connectivity index (χ0) is 15.1. The van der Waals surface area contributed by atoms with Crippen molar-refractivity contribution >= 4 is 24.0 Å². The maximum Gasteiger partial charge on any atom is 0.228 e. The van der Waals surface area contributed by atoms with Gasteiger partial charge in [-0.3, -0.25) is 4.79 Å². The van der Waals surface area contributed by atoms with Crippen LogP contribution in [-0.2, 0) is 10.2 Å². The number of nitrogens with one attached hydrogen (secondary N) is 2. The van der Waals surface area contributed by atoms with Gasteiger partial charge in [0, 0.05) is 11.6 Å². The number of hydrogen-bond acceptors (Lipinski definition) is 2. The van der Waals surface area contributed by atoms with Crippen LogP contribution in [0.15, 0.2) is 24.3 Å². The molecule has 2 N–H and O–H groups in total. The van der Waals surface area contributed by atoms with Gasteiger partial charge in [-0.1, -0.05) is 32.9 Å².